The van der Waals surface area contributed by atoms with Crippen LogP contribution in [0.1, 0.15) is 16.3 Å². The third-order valence-corrected chi connectivity index (χ3v) is 3.50. The first-order valence-corrected chi connectivity index (χ1v) is 6.10. The van der Waals surface area contributed by atoms with Gasteiger partial charge in [0.05, 0.1) is 5.01 Å². The topological polar surface area (TPSA) is 34.9 Å². The Kier molecular flexibility index (Phi) is 3.19. The third kappa shape index (κ3) is 2.39. The molecule has 0 aliphatic rings. The summed E-state index contributed by atoms with van der Waals surface area (Å²) < 4.78 is 1.61. The van der Waals surface area contributed by atoms with Gasteiger partial charge in [0.15, 0.2) is 0 Å². The summed E-state index contributed by atoms with van der Waals surface area (Å²) in [4.78, 5) is 16.1. The van der Waals surface area contributed by atoms with E-state index in [4.69, 9.17) is 0 Å². The lowest BCUT2D eigenvalue weighted by atomic mass is 10.1. The second kappa shape index (κ2) is 4.61. The summed E-state index contributed by atoms with van der Waals surface area (Å²) in [5.41, 5.74) is 2.01. The largest absolute Gasteiger partial charge is 0.318 e. The number of hydrogen-bond donors (Lipinski definition) is 0. The van der Waals surface area contributed by atoms with E-state index in [1.807, 2.05) is 24.4 Å². The zero-order valence-electron chi connectivity index (χ0n) is 9.43. The minimum absolute atomic E-state index is 0.0933. The van der Waals surface area contributed by atoms with Crippen LogP contribution in [0.3, 0.4) is 0 Å². The number of aryl methyl sites for hydroxylation is 4. The Morgan fingerprint density at radius 2 is 2.25 bits per heavy atom. The van der Waals surface area contributed by atoms with Gasteiger partial charge in [0.1, 0.15) is 0 Å². The van der Waals surface area contributed by atoms with Gasteiger partial charge in [-0.25, -0.2) is 4.98 Å². The molecule has 2 rings (SSSR count). The summed E-state index contributed by atoms with van der Waals surface area (Å²) in [5, 5.41) is 3.14. The molecule has 3 nitrogen and oxygen atoms in total. The van der Waals surface area contributed by atoms with Gasteiger partial charge in [0, 0.05) is 36.3 Å². The van der Waals surface area contributed by atoms with Crippen molar-refractivity contribution in [2.45, 2.75) is 19.8 Å². The van der Waals surface area contributed by atoms with Gasteiger partial charge in [-0.2, -0.15) is 0 Å². The molecule has 0 N–H and O–H groups in total. The number of pyridine rings is 1. The van der Waals surface area contributed by atoms with E-state index in [0.717, 1.165) is 29.1 Å². The Balaban J connectivity index is 2.11. The molecule has 2 heterocycles. The normalized spacial score (nSPS) is 10.6. The maximum Gasteiger partial charge on any atom is 0.253 e. The van der Waals surface area contributed by atoms with Gasteiger partial charge in [0.2, 0.25) is 0 Å². The monoisotopic (exact) mass is 234 g/mol. The van der Waals surface area contributed by atoms with Gasteiger partial charge >= 0.3 is 0 Å². The van der Waals surface area contributed by atoms with Crippen molar-refractivity contribution in [2.24, 2.45) is 7.05 Å². The van der Waals surface area contributed by atoms with Crippen LogP contribution in [0.25, 0.3) is 0 Å². The summed E-state index contributed by atoms with van der Waals surface area (Å²) in [5.74, 6) is 0. The lowest BCUT2D eigenvalue weighted by molar-refractivity contribution is 0.816. The van der Waals surface area contributed by atoms with Crippen LogP contribution in [-0.4, -0.2) is 9.55 Å². The lowest BCUT2D eigenvalue weighted by Gasteiger charge is -2.01. The molecular weight excluding hydrogens is 220 g/mol. The van der Waals surface area contributed by atoms with Crippen molar-refractivity contribution in [3.05, 3.63) is 50.3 Å². The predicted molar refractivity (Wildman–Crippen MR) is 65.9 cm³/mol. The van der Waals surface area contributed by atoms with Crippen LogP contribution < -0.4 is 5.56 Å². The molecule has 0 spiro atoms. The first kappa shape index (κ1) is 11.1. The standard InChI is InChI=1S/C12H14N2OS/c1-9-8-16-11(13-9)6-5-10-4-3-7-14(2)12(10)15/h3-4,7-8H,5-6H2,1-2H3. The van der Waals surface area contributed by atoms with Crippen molar-refractivity contribution in [1.82, 2.24) is 9.55 Å². The van der Waals surface area contributed by atoms with Gasteiger partial charge in [-0.15, -0.1) is 11.3 Å². The van der Waals surface area contributed by atoms with Gasteiger partial charge < -0.3 is 4.57 Å². The van der Waals surface area contributed by atoms with E-state index in [0.29, 0.717) is 0 Å². The molecular formula is C12H14N2OS. The van der Waals surface area contributed by atoms with Crippen LogP contribution in [0.15, 0.2) is 28.5 Å². The molecule has 0 aliphatic carbocycles. The van der Waals surface area contributed by atoms with Crippen LogP contribution in [0.5, 0.6) is 0 Å². The Morgan fingerprint density at radius 3 is 2.94 bits per heavy atom. The van der Waals surface area contributed by atoms with Gasteiger partial charge in [0.25, 0.3) is 5.56 Å². The smallest absolute Gasteiger partial charge is 0.253 e. The molecule has 0 fully saturated rings. The molecule has 0 radical (unpaired) electrons. The van der Waals surface area contributed by atoms with Crippen LogP contribution in [0, 0.1) is 6.92 Å². The third-order valence-electron chi connectivity index (χ3n) is 2.48. The summed E-state index contributed by atoms with van der Waals surface area (Å²) in [6, 6.07) is 3.80. The highest BCUT2D eigenvalue weighted by molar-refractivity contribution is 7.09. The van der Waals surface area contributed by atoms with Crippen molar-refractivity contribution in [1.29, 1.82) is 0 Å². The second-order valence-corrected chi connectivity index (χ2v) is 4.77. The SMILES string of the molecule is Cc1csc(CCc2cccn(C)c2=O)n1. The molecule has 0 saturated carbocycles. The number of nitrogens with zero attached hydrogens (tertiary/aromatic N) is 2. The van der Waals surface area contributed by atoms with Gasteiger partial charge in [-0.1, -0.05) is 6.07 Å². The molecule has 2 aromatic heterocycles. The van der Waals surface area contributed by atoms with Gasteiger partial charge in [-0.05, 0) is 19.4 Å². The molecule has 0 saturated heterocycles. The highest BCUT2D eigenvalue weighted by atomic mass is 32.1. The number of hydrogen-bond acceptors (Lipinski definition) is 3. The van der Waals surface area contributed by atoms with Crippen molar-refractivity contribution >= 4 is 11.3 Å². The van der Waals surface area contributed by atoms with Crippen LogP contribution in [0.2, 0.25) is 0 Å². The van der Waals surface area contributed by atoms with E-state index in [9.17, 15) is 4.79 Å². The fourth-order valence-corrected chi connectivity index (χ4v) is 2.38. The van der Waals surface area contributed by atoms with E-state index in [-0.39, 0.29) is 5.56 Å². The Bertz CT molecular complexity index is 542. The molecule has 16 heavy (non-hydrogen) atoms. The molecule has 0 atom stereocenters. The maximum atomic E-state index is 11.7. The Hall–Kier alpha value is -1.42. The number of rotatable bonds is 3. The first-order chi connectivity index (χ1) is 7.66. The van der Waals surface area contributed by atoms with E-state index >= 15 is 0 Å². The minimum Gasteiger partial charge on any atom is -0.318 e. The summed E-state index contributed by atoms with van der Waals surface area (Å²) in [6.45, 7) is 1.99. The molecule has 2 aromatic rings. The molecule has 0 aliphatic heterocycles. The summed E-state index contributed by atoms with van der Waals surface area (Å²) >= 11 is 1.66. The van der Waals surface area contributed by atoms with E-state index < -0.39 is 0 Å². The Morgan fingerprint density at radius 1 is 1.44 bits per heavy atom. The highest BCUT2D eigenvalue weighted by Crippen LogP contribution is 2.10. The predicted octanol–water partition coefficient (Wildman–Crippen LogP) is 1.94. The van der Waals surface area contributed by atoms with E-state index in [1.165, 1.54) is 0 Å². The lowest BCUT2D eigenvalue weighted by Crippen LogP contribution is -2.20. The van der Waals surface area contributed by atoms with Crippen LogP contribution in [-0.2, 0) is 19.9 Å². The molecule has 4 heteroatoms. The number of aromatic nitrogens is 2. The molecule has 0 unspecified atom stereocenters. The first-order valence-electron chi connectivity index (χ1n) is 5.22. The fourth-order valence-electron chi connectivity index (χ4n) is 1.60. The zero-order valence-corrected chi connectivity index (χ0v) is 10.3. The van der Waals surface area contributed by atoms with Crippen LogP contribution >= 0.6 is 11.3 Å². The molecule has 84 valence electrons. The summed E-state index contributed by atoms with van der Waals surface area (Å²) in [7, 11) is 1.78. The van der Waals surface area contributed by atoms with Gasteiger partial charge in [-0.3, -0.25) is 4.79 Å². The molecule has 0 amide bonds. The average molecular weight is 234 g/mol. The Labute approximate surface area is 98.4 Å². The maximum absolute atomic E-state index is 11.7. The second-order valence-electron chi connectivity index (χ2n) is 3.83. The van der Waals surface area contributed by atoms with Crippen LogP contribution in [0.4, 0.5) is 0 Å². The average Bonchev–Trinajstić information content (AvgIpc) is 2.67. The molecule has 0 bridgehead atoms. The number of thiazole rings is 1. The molecule has 0 aromatic carbocycles. The fraction of sp³-hybridized carbons (Fsp3) is 0.333. The van der Waals surface area contributed by atoms with Crippen molar-refractivity contribution in [3.8, 4) is 0 Å². The van der Waals surface area contributed by atoms with Crippen molar-refractivity contribution in [2.75, 3.05) is 0 Å². The van der Waals surface area contributed by atoms with E-state index in [1.54, 1.807) is 29.1 Å². The highest BCUT2D eigenvalue weighted by Gasteiger charge is 2.03. The van der Waals surface area contributed by atoms with Crippen molar-refractivity contribution < 1.29 is 0 Å². The quantitative estimate of drug-likeness (QED) is 0.813. The summed E-state index contributed by atoms with van der Waals surface area (Å²) in [6.07, 6.45) is 3.39. The van der Waals surface area contributed by atoms with Crippen molar-refractivity contribution in [3.63, 3.8) is 0 Å². The zero-order chi connectivity index (χ0) is 11.5. The van der Waals surface area contributed by atoms with E-state index in [2.05, 4.69) is 4.98 Å². The minimum atomic E-state index is 0.0933.